The van der Waals surface area contributed by atoms with E-state index in [2.05, 4.69) is 25.1 Å². The summed E-state index contributed by atoms with van der Waals surface area (Å²) in [6, 6.07) is 9.71. The van der Waals surface area contributed by atoms with Gasteiger partial charge in [0.05, 0.1) is 34.4 Å². The zero-order chi connectivity index (χ0) is 28.7. The summed E-state index contributed by atoms with van der Waals surface area (Å²) >= 11 is 0. The van der Waals surface area contributed by atoms with E-state index in [1.165, 1.54) is 6.33 Å². The molecule has 12 nitrogen and oxygen atoms in total. The number of carbonyl (C=O) groups excluding carboxylic acids is 2. The van der Waals surface area contributed by atoms with E-state index in [1.54, 1.807) is 32.7 Å². The molecule has 12 heteroatoms. The van der Waals surface area contributed by atoms with Gasteiger partial charge in [0.15, 0.2) is 17.9 Å². The van der Waals surface area contributed by atoms with Crippen LogP contribution < -0.4 is 4.90 Å². The summed E-state index contributed by atoms with van der Waals surface area (Å²) in [5.41, 5.74) is 4.34. The average molecular weight is 554 g/mol. The fourth-order valence-electron chi connectivity index (χ4n) is 5.10. The van der Waals surface area contributed by atoms with Crippen LogP contribution in [0.1, 0.15) is 35.8 Å². The number of piperazine rings is 1. The molecule has 1 aromatic carbocycles. The molecular formula is C29H31N9O3. The number of fused-ring (bicyclic) bond motifs is 2. The molecule has 0 aliphatic carbocycles. The Labute approximate surface area is 236 Å². The summed E-state index contributed by atoms with van der Waals surface area (Å²) in [5.74, 6) is -0.0233. The standard InChI is InChI=1S/C29H31N9O3/c1-18(2)38-28-22(14-33-38)21(13-24(34-28)20-7-5-19(3)6-8-20)29(40)41-16-25(39)36-9-11-37(12-10-36)27-23-15-32-35(4)26(23)30-17-31-27/h5-8,13-15,17-18H,9-12,16H2,1-4H3. The number of hydrogen-bond acceptors (Lipinski definition) is 9. The molecule has 5 aromatic rings. The Kier molecular flexibility index (Phi) is 6.82. The number of hydrogen-bond donors (Lipinski definition) is 0. The van der Waals surface area contributed by atoms with Gasteiger partial charge in [-0.2, -0.15) is 10.2 Å². The van der Waals surface area contributed by atoms with E-state index >= 15 is 0 Å². The van der Waals surface area contributed by atoms with Gasteiger partial charge in [-0.15, -0.1) is 0 Å². The predicted octanol–water partition coefficient (Wildman–Crippen LogP) is 3.17. The Morgan fingerprint density at radius 3 is 2.41 bits per heavy atom. The number of aryl methyl sites for hydroxylation is 2. The van der Waals surface area contributed by atoms with Crippen molar-refractivity contribution in [3.63, 3.8) is 0 Å². The van der Waals surface area contributed by atoms with E-state index < -0.39 is 5.97 Å². The summed E-state index contributed by atoms with van der Waals surface area (Å²) in [6.45, 7) is 7.85. The number of carbonyl (C=O) groups is 2. The first kappa shape index (κ1) is 26.4. The molecule has 1 aliphatic heterocycles. The van der Waals surface area contributed by atoms with Gasteiger partial charge in [0.25, 0.3) is 5.91 Å². The second-order valence-electron chi connectivity index (χ2n) is 10.5. The number of esters is 1. The number of benzene rings is 1. The van der Waals surface area contributed by atoms with E-state index in [-0.39, 0.29) is 18.6 Å². The number of rotatable bonds is 6. The lowest BCUT2D eigenvalue weighted by Crippen LogP contribution is -2.50. The van der Waals surface area contributed by atoms with Crippen molar-refractivity contribution in [3.05, 3.63) is 60.2 Å². The lowest BCUT2D eigenvalue weighted by atomic mass is 10.1. The summed E-state index contributed by atoms with van der Waals surface area (Å²) in [4.78, 5) is 43.8. The monoisotopic (exact) mass is 553 g/mol. The SMILES string of the molecule is Cc1ccc(-c2cc(C(=O)OCC(=O)N3CCN(c4ncnc5c4cnn5C)CC3)c3cnn(C(C)C)c3n2)cc1. The van der Waals surface area contributed by atoms with Crippen LogP contribution in [0.4, 0.5) is 5.82 Å². The molecule has 210 valence electrons. The zero-order valence-corrected chi connectivity index (χ0v) is 23.5. The minimum Gasteiger partial charge on any atom is -0.452 e. The van der Waals surface area contributed by atoms with Gasteiger partial charge in [0, 0.05) is 44.8 Å². The first-order valence-electron chi connectivity index (χ1n) is 13.6. The van der Waals surface area contributed by atoms with Gasteiger partial charge in [0.1, 0.15) is 12.1 Å². The number of aromatic nitrogens is 7. The number of pyridine rings is 1. The molecule has 0 N–H and O–H groups in total. The van der Waals surface area contributed by atoms with E-state index in [0.717, 1.165) is 28.0 Å². The van der Waals surface area contributed by atoms with Gasteiger partial charge in [-0.05, 0) is 26.8 Å². The van der Waals surface area contributed by atoms with Gasteiger partial charge in [-0.25, -0.2) is 24.4 Å². The molecule has 0 unspecified atom stereocenters. The Hall–Kier alpha value is -4.87. The van der Waals surface area contributed by atoms with Gasteiger partial charge >= 0.3 is 5.97 Å². The van der Waals surface area contributed by atoms with Gasteiger partial charge < -0.3 is 14.5 Å². The third-order valence-corrected chi connectivity index (χ3v) is 7.39. The van der Waals surface area contributed by atoms with Crippen LogP contribution in [0, 0.1) is 6.92 Å². The fourth-order valence-corrected chi connectivity index (χ4v) is 5.10. The van der Waals surface area contributed by atoms with E-state index in [9.17, 15) is 9.59 Å². The zero-order valence-electron chi connectivity index (χ0n) is 23.5. The van der Waals surface area contributed by atoms with Crippen LogP contribution in [-0.4, -0.2) is 84.1 Å². The summed E-state index contributed by atoms with van der Waals surface area (Å²) in [7, 11) is 1.84. The molecule has 1 saturated heterocycles. The molecule has 0 bridgehead atoms. The molecule has 0 radical (unpaired) electrons. The normalized spacial score (nSPS) is 13.9. The van der Waals surface area contributed by atoms with Gasteiger partial charge in [-0.3, -0.25) is 9.48 Å². The van der Waals surface area contributed by atoms with Crippen LogP contribution in [0.3, 0.4) is 0 Å². The van der Waals surface area contributed by atoms with Crippen molar-refractivity contribution in [1.82, 2.24) is 39.4 Å². The van der Waals surface area contributed by atoms with Crippen LogP contribution in [0.5, 0.6) is 0 Å². The maximum absolute atomic E-state index is 13.3. The highest BCUT2D eigenvalue weighted by Gasteiger charge is 2.26. The van der Waals surface area contributed by atoms with Crippen molar-refractivity contribution in [2.24, 2.45) is 7.05 Å². The second-order valence-corrected chi connectivity index (χ2v) is 10.5. The third kappa shape index (κ3) is 4.96. The van der Waals surface area contributed by atoms with Crippen LogP contribution in [0.2, 0.25) is 0 Å². The number of nitrogens with zero attached hydrogens (tertiary/aromatic N) is 9. The van der Waals surface area contributed by atoms with Crippen molar-refractivity contribution >= 4 is 39.8 Å². The van der Waals surface area contributed by atoms with Crippen LogP contribution in [0.15, 0.2) is 49.1 Å². The first-order chi connectivity index (χ1) is 19.8. The van der Waals surface area contributed by atoms with Crippen molar-refractivity contribution in [3.8, 4) is 11.3 Å². The molecule has 0 saturated carbocycles. The second kappa shape index (κ2) is 10.6. The Balaban J connectivity index is 1.16. The first-order valence-corrected chi connectivity index (χ1v) is 13.6. The van der Waals surface area contributed by atoms with E-state index in [0.29, 0.717) is 48.5 Å². The molecule has 0 atom stereocenters. The maximum Gasteiger partial charge on any atom is 0.339 e. The van der Waals surface area contributed by atoms with Crippen molar-refractivity contribution in [2.75, 3.05) is 37.7 Å². The summed E-state index contributed by atoms with van der Waals surface area (Å²) in [6.07, 6.45) is 4.92. The molecule has 1 fully saturated rings. The number of anilines is 1. The topological polar surface area (TPSA) is 124 Å². The average Bonchev–Trinajstić information content (AvgIpc) is 3.59. The third-order valence-electron chi connectivity index (χ3n) is 7.39. The van der Waals surface area contributed by atoms with E-state index in [4.69, 9.17) is 9.72 Å². The van der Waals surface area contributed by atoms with Crippen LogP contribution in [-0.2, 0) is 16.6 Å². The highest BCUT2D eigenvalue weighted by atomic mass is 16.5. The largest absolute Gasteiger partial charge is 0.452 e. The van der Waals surface area contributed by atoms with E-state index in [1.807, 2.05) is 52.1 Å². The number of ether oxygens (including phenoxy) is 1. The quantitative estimate of drug-likeness (QED) is 0.292. The highest BCUT2D eigenvalue weighted by Crippen LogP contribution is 2.27. The minimum atomic E-state index is -0.582. The van der Waals surface area contributed by atoms with Gasteiger partial charge in [-0.1, -0.05) is 29.8 Å². The summed E-state index contributed by atoms with van der Waals surface area (Å²) < 4.78 is 9.06. The molecular weight excluding hydrogens is 522 g/mol. The molecule has 0 spiro atoms. The number of amides is 1. The van der Waals surface area contributed by atoms with Crippen molar-refractivity contribution in [2.45, 2.75) is 26.8 Å². The predicted molar refractivity (Wildman–Crippen MR) is 153 cm³/mol. The maximum atomic E-state index is 13.3. The molecule has 6 rings (SSSR count). The summed E-state index contributed by atoms with van der Waals surface area (Å²) in [5, 5.41) is 10.2. The minimum absolute atomic E-state index is 0.0500. The molecule has 1 aliphatic rings. The molecule has 41 heavy (non-hydrogen) atoms. The highest BCUT2D eigenvalue weighted by molar-refractivity contribution is 6.04. The van der Waals surface area contributed by atoms with Crippen molar-refractivity contribution in [1.29, 1.82) is 0 Å². The molecule has 5 heterocycles. The van der Waals surface area contributed by atoms with Crippen molar-refractivity contribution < 1.29 is 14.3 Å². The van der Waals surface area contributed by atoms with Crippen LogP contribution in [0.25, 0.3) is 33.3 Å². The lowest BCUT2D eigenvalue weighted by molar-refractivity contribution is -0.134. The Bertz CT molecular complexity index is 1750. The smallest absolute Gasteiger partial charge is 0.339 e. The molecule has 1 amide bonds. The van der Waals surface area contributed by atoms with Gasteiger partial charge in [0.2, 0.25) is 0 Å². The lowest BCUT2D eigenvalue weighted by Gasteiger charge is -2.35. The van der Waals surface area contributed by atoms with Crippen LogP contribution >= 0.6 is 0 Å². The Morgan fingerprint density at radius 2 is 1.68 bits per heavy atom. The molecule has 4 aromatic heterocycles. The Morgan fingerprint density at radius 1 is 0.951 bits per heavy atom. The fraction of sp³-hybridized carbons (Fsp3) is 0.345.